The van der Waals surface area contributed by atoms with Gasteiger partial charge in [-0.2, -0.15) is 0 Å². The third-order valence-electron chi connectivity index (χ3n) is 7.07. The number of nitrogens with zero attached hydrogens (tertiary/aromatic N) is 2. The maximum Gasteiger partial charge on any atom is 0.270 e. The topological polar surface area (TPSA) is 112 Å². The van der Waals surface area contributed by atoms with Crippen molar-refractivity contribution < 1.29 is 14.0 Å². The second-order valence-electron chi connectivity index (χ2n) is 9.44. The average Bonchev–Trinajstić information content (AvgIpc) is 3.28. The third kappa shape index (κ3) is 4.56. The zero-order chi connectivity index (χ0) is 25.6. The van der Waals surface area contributed by atoms with E-state index >= 15 is 0 Å². The molecule has 188 valence electrons. The maximum atomic E-state index is 14.8. The molecule has 3 aromatic rings. The summed E-state index contributed by atoms with van der Waals surface area (Å²) in [6.07, 6.45) is 1.39. The van der Waals surface area contributed by atoms with Gasteiger partial charge in [-0.1, -0.05) is 17.7 Å². The molecule has 2 aromatic carbocycles. The smallest absolute Gasteiger partial charge is 0.270 e. The molecule has 0 aliphatic carbocycles. The summed E-state index contributed by atoms with van der Waals surface area (Å²) in [5, 5.41) is 4.07. The Morgan fingerprint density at radius 1 is 1.22 bits per heavy atom. The van der Waals surface area contributed by atoms with Crippen LogP contribution in [0.2, 0.25) is 5.02 Å². The van der Waals surface area contributed by atoms with Crippen LogP contribution in [-0.2, 0) is 11.2 Å². The molecule has 5 rings (SSSR count). The number of likely N-dealkylation sites (tertiary alicyclic amines) is 1. The fourth-order valence-corrected chi connectivity index (χ4v) is 5.29. The Morgan fingerprint density at radius 3 is 2.78 bits per heavy atom. The van der Waals surface area contributed by atoms with Crippen molar-refractivity contribution in [1.29, 1.82) is 0 Å². The van der Waals surface area contributed by atoms with Crippen molar-refractivity contribution in [3.05, 3.63) is 74.4 Å². The Bertz CT molecular complexity index is 1420. The van der Waals surface area contributed by atoms with Gasteiger partial charge in [-0.25, -0.2) is 4.39 Å². The van der Waals surface area contributed by atoms with E-state index in [4.69, 9.17) is 17.3 Å². The molecule has 10 heteroatoms. The van der Waals surface area contributed by atoms with Crippen LogP contribution in [0.5, 0.6) is 0 Å². The summed E-state index contributed by atoms with van der Waals surface area (Å²) >= 11 is 6.10. The van der Waals surface area contributed by atoms with Crippen LogP contribution in [0.3, 0.4) is 0 Å². The second-order valence-corrected chi connectivity index (χ2v) is 9.88. The van der Waals surface area contributed by atoms with E-state index in [-0.39, 0.29) is 47.2 Å². The number of hydrogen-bond donors (Lipinski definition) is 3. The van der Waals surface area contributed by atoms with Crippen LogP contribution < -0.4 is 16.6 Å². The van der Waals surface area contributed by atoms with E-state index in [1.54, 1.807) is 9.80 Å². The zero-order valence-corrected chi connectivity index (χ0v) is 20.6. The van der Waals surface area contributed by atoms with E-state index in [1.165, 1.54) is 12.1 Å². The first-order chi connectivity index (χ1) is 17.2. The van der Waals surface area contributed by atoms with Crippen molar-refractivity contribution in [1.82, 2.24) is 14.8 Å². The van der Waals surface area contributed by atoms with E-state index < -0.39 is 11.4 Å². The van der Waals surface area contributed by atoms with Crippen LogP contribution in [0, 0.1) is 5.82 Å². The number of carbonyl (C=O) groups excluding carboxylic acids is 2. The molecule has 1 aromatic heterocycles. The first-order valence-electron chi connectivity index (χ1n) is 11.9. The van der Waals surface area contributed by atoms with E-state index in [0.717, 1.165) is 17.2 Å². The van der Waals surface area contributed by atoms with Crippen LogP contribution in [0.4, 0.5) is 10.1 Å². The van der Waals surface area contributed by atoms with Gasteiger partial charge >= 0.3 is 0 Å². The molecule has 0 unspecified atom stereocenters. The lowest BCUT2D eigenvalue weighted by Crippen LogP contribution is -2.41. The van der Waals surface area contributed by atoms with Gasteiger partial charge in [-0.05, 0) is 66.6 Å². The highest BCUT2D eigenvalue weighted by Gasteiger charge is 2.28. The normalized spacial score (nSPS) is 19.4. The predicted molar refractivity (Wildman–Crippen MR) is 137 cm³/mol. The number of pyridine rings is 1. The number of benzene rings is 2. The molecule has 1 fully saturated rings. The van der Waals surface area contributed by atoms with E-state index in [9.17, 15) is 18.8 Å². The number of anilines is 1. The van der Waals surface area contributed by atoms with Crippen molar-refractivity contribution in [2.24, 2.45) is 5.73 Å². The molecule has 0 radical (unpaired) electrons. The molecule has 36 heavy (non-hydrogen) atoms. The van der Waals surface area contributed by atoms with Gasteiger partial charge < -0.3 is 25.8 Å². The van der Waals surface area contributed by atoms with Gasteiger partial charge in [0.15, 0.2) is 0 Å². The predicted octanol–water partition coefficient (Wildman–Crippen LogP) is 3.05. The monoisotopic (exact) mass is 511 g/mol. The minimum atomic E-state index is -0.655. The lowest BCUT2D eigenvalue weighted by molar-refractivity contribution is -0.131. The van der Waals surface area contributed by atoms with Gasteiger partial charge in [-0.15, -0.1) is 0 Å². The number of amides is 2. The minimum Gasteiger partial charge on any atom is -0.374 e. The summed E-state index contributed by atoms with van der Waals surface area (Å²) in [7, 11) is 0. The number of nitrogens with one attached hydrogen (secondary N) is 2. The largest absolute Gasteiger partial charge is 0.374 e. The Labute approximate surface area is 212 Å². The lowest BCUT2D eigenvalue weighted by atomic mass is 9.93. The van der Waals surface area contributed by atoms with Gasteiger partial charge in [0.25, 0.3) is 11.5 Å². The van der Waals surface area contributed by atoms with Crippen LogP contribution in [0.25, 0.3) is 10.8 Å². The summed E-state index contributed by atoms with van der Waals surface area (Å²) in [4.78, 5) is 44.3. The van der Waals surface area contributed by atoms with Gasteiger partial charge in [0.05, 0.1) is 23.7 Å². The minimum absolute atomic E-state index is 0.0832. The molecule has 8 nitrogen and oxygen atoms in total. The molecule has 0 spiro atoms. The van der Waals surface area contributed by atoms with Gasteiger partial charge in [0, 0.05) is 30.7 Å². The molecule has 3 heterocycles. The standard InChI is InChI=1S/C26H27ClFN5O3/c1-14-19-3-2-17(27)8-15(19)4-7-33(14)24(34)12-30-22-9-16-10-23(26(36)32-6-5-18(29)13-32)31-25(35)20(16)11-21(22)28/h2-3,8-11,14,18,30H,4-7,12-13,29H2,1H3,(H,31,35)/t14-,18-/m0/s1. The molecular formula is C26H27ClFN5O3. The number of fused-ring (bicyclic) bond motifs is 2. The highest BCUT2D eigenvalue weighted by Crippen LogP contribution is 2.31. The molecular weight excluding hydrogens is 485 g/mol. The first kappa shape index (κ1) is 24.3. The summed E-state index contributed by atoms with van der Waals surface area (Å²) in [5.74, 6) is -1.15. The van der Waals surface area contributed by atoms with Crippen molar-refractivity contribution in [2.75, 3.05) is 31.5 Å². The number of H-pyrrole nitrogens is 1. The molecule has 4 N–H and O–H groups in total. The van der Waals surface area contributed by atoms with Gasteiger partial charge in [-0.3, -0.25) is 14.4 Å². The molecule has 2 aliphatic heterocycles. The quantitative estimate of drug-likeness (QED) is 0.498. The summed E-state index contributed by atoms with van der Waals surface area (Å²) in [5.41, 5.74) is 7.72. The zero-order valence-electron chi connectivity index (χ0n) is 19.8. The molecule has 0 saturated carbocycles. The number of halogens is 2. The number of hydrogen-bond acceptors (Lipinski definition) is 5. The fraction of sp³-hybridized carbons (Fsp3) is 0.346. The second kappa shape index (κ2) is 9.55. The van der Waals surface area contributed by atoms with E-state index in [1.807, 2.05) is 25.1 Å². The first-order valence-corrected chi connectivity index (χ1v) is 12.3. The van der Waals surface area contributed by atoms with Crippen LogP contribution in [0.1, 0.15) is 41.0 Å². The fourth-order valence-electron chi connectivity index (χ4n) is 5.09. The highest BCUT2D eigenvalue weighted by molar-refractivity contribution is 6.30. The van der Waals surface area contributed by atoms with Gasteiger partial charge in [0.1, 0.15) is 11.5 Å². The Hall–Kier alpha value is -3.43. The number of aromatic nitrogens is 1. The third-order valence-corrected chi connectivity index (χ3v) is 7.30. The van der Waals surface area contributed by atoms with Crippen LogP contribution in [0.15, 0.2) is 41.2 Å². The van der Waals surface area contributed by atoms with Crippen LogP contribution >= 0.6 is 11.6 Å². The van der Waals surface area contributed by atoms with Crippen molar-refractivity contribution in [3.63, 3.8) is 0 Å². The molecule has 2 atom stereocenters. The Kier molecular flexibility index (Phi) is 6.44. The number of rotatable bonds is 4. The Morgan fingerprint density at radius 2 is 2.03 bits per heavy atom. The molecule has 2 amide bonds. The number of carbonyl (C=O) groups is 2. The van der Waals surface area contributed by atoms with Gasteiger partial charge in [0.2, 0.25) is 5.91 Å². The molecule has 2 aliphatic rings. The summed E-state index contributed by atoms with van der Waals surface area (Å²) in [6.45, 7) is 3.32. The number of nitrogens with two attached hydrogens (primary N) is 1. The average molecular weight is 512 g/mol. The van der Waals surface area contributed by atoms with Crippen molar-refractivity contribution in [2.45, 2.75) is 31.8 Å². The highest BCUT2D eigenvalue weighted by atomic mass is 35.5. The summed E-state index contributed by atoms with van der Waals surface area (Å²) in [6, 6.07) is 9.56. The van der Waals surface area contributed by atoms with Crippen LogP contribution in [-0.4, -0.2) is 58.8 Å². The maximum absolute atomic E-state index is 14.8. The van der Waals surface area contributed by atoms with Crippen molar-refractivity contribution >= 4 is 39.9 Å². The van der Waals surface area contributed by atoms with Crippen molar-refractivity contribution in [3.8, 4) is 0 Å². The SMILES string of the molecule is C[C@H]1c2ccc(Cl)cc2CCN1C(=O)CNc1cc2cc(C(=O)N3CC[C@H](N)C3)[nH]c(=O)c2cc1F. The molecule has 1 saturated heterocycles. The summed E-state index contributed by atoms with van der Waals surface area (Å²) < 4.78 is 14.8. The molecule has 0 bridgehead atoms. The van der Waals surface area contributed by atoms with E-state index in [2.05, 4.69) is 10.3 Å². The number of aromatic amines is 1. The van der Waals surface area contributed by atoms with E-state index in [0.29, 0.717) is 42.9 Å². The Balaban J connectivity index is 1.34. The lowest BCUT2D eigenvalue weighted by Gasteiger charge is -2.35.